The monoisotopic (exact) mass is 292 g/mol. The van der Waals surface area contributed by atoms with Crippen molar-refractivity contribution in [1.29, 1.82) is 0 Å². The van der Waals surface area contributed by atoms with Crippen LogP contribution in [0.15, 0.2) is 0 Å². The number of hydrogen-bond acceptors (Lipinski definition) is 5. The Balaban J connectivity index is 2.69. The number of carbonyl (C=O) groups is 2. The second-order valence-corrected chi connectivity index (χ2v) is 6.47. The van der Waals surface area contributed by atoms with Crippen LogP contribution < -0.4 is 0 Å². The summed E-state index contributed by atoms with van der Waals surface area (Å²) in [6.07, 6.45) is 2.22. The fraction of sp³-hybridized carbons (Fsp3) is 0.818. The number of sulfonamides is 1. The fourth-order valence-corrected chi connectivity index (χ4v) is 3.24. The Morgan fingerprint density at radius 2 is 2.05 bits per heavy atom. The van der Waals surface area contributed by atoms with Crippen molar-refractivity contribution in [3.63, 3.8) is 0 Å². The highest BCUT2D eigenvalue weighted by Crippen LogP contribution is 2.21. The van der Waals surface area contributed by atoms with Crippen LogP contribution in [0.5, 0.6) is 0 Å². The lowest BCUT2D eigenvalue weighted by Gasteiger charge is -2.25. The molecule has 0 saturated carbocycles. The second kappa shape index (κ2) is 6.33. The Bertz CT molecular complexity index is 448. The van der Waals surface area contributed by atoms with Crippen LogP contribution in [0.1, 0.15) is 19.8 Å². The molecule has 0 aromatic heterocycles. The Morgan fingerprint density at radius 1 is 1.42 bits per heavy atom. The van der Waals surface area contributed by atoms with Gasteiger partial charge in [-0.15, -0.1) is 0 Å². The van der Waals surface area contributed by atoms with Gasteiger partial charge in [0.25, 0.3) is 0 Å². The van der Waals surface area contributed by atoms with E-state index in [0.717, 1.165) is 6.26 Å². The lowest BCUT2D eigenvalue weighted by Crippen LogP contribution is -2.47. The maximum atomic E-state index is 12.2. The van der Waals surface area contributed by atoms with E-state index in [0.29, 0.717) is 19.4 Å². The second-order valence-electron chi connectivity index (χ2n) is 4.53. The Kier molecular flexibility index (Phi) is 5.30. The zero-order valence-electron chi connectivity index (χ0n) is 11.5. The van der Waals surface area contributed by atoms with Gasteiger partial charge in [0.1, 0.15) is 12.6 Å². The van der Waals surface area contributed by atoms with Gasteiger partial charge in [0, 0.05) is 13.6 Å². The third kappa shape index (κ3) is 4.17. The van der Waals surface area contributed by atoms with Crippen molar-refractivity contribution in [1.82, 2.24) is 9.21 Å². The minimum absolute atomic E-state index is 0.166. The molecule has 19 heavy (non-hydrogen) atoms. The summed E-state index contributed by atoms with van der Waals surface area (Å²) in [6.45, 7) is 2.12. The SMILES string of the molecule is CCOC(=O)CN(C)C(=O)C1CCCN1S(C)(=O)=O. The molecule has 1 amide bonds. The molecule has 1 atom stereocenters. The molecule has 1 fully saturated rings. The summed E-state index contributed by atoms with van der Waals surface area (Å²) >= 11 is 0. The number of carbonyl (C=O) groups excluding carboxylic acids is 2. The summed E-state index contributed by atoms with van der Waals surface area (Å²) < 4.78 is 29.1. The standard InChI is InChI=1S/C11H20N2O5S/c1-4-18-10(14)8-12(2)11(15)9-6-5-7-13(9)19(3,16)17/h9H,4-8H2,1-3H3. The summed E-state index contributed by atoms with van der Waals surface area (Å²) in [5.74, 6) is -0.863. The molecule has 0 aromatic rings. The number of likely N-dealkylation sites (N-methyl/N-ethyl adjacent to an activating group) is 1. The molecule has 0 spiro atoms. The van der Waals surface area contributed by atoms with Gasteiger partial charge in [-0.2, -0.15) is 4.31 Å². The summed E-state index contributed by atoms with van der Waals surface area (Å²) in [4.78, 5) is 24.7. The number of nitrogens with zero attached hydrogens (tertiary/aromatic N) is 2. The van der Waals surface area contributed by atoms with E-state index >= 15 is 0 Å². The lowest BCUT2D eigenvalue weighted by atomic mass is 10.2. The molecule has 8 heteroatoms. The van der Waals surface area contributed by atoms with Crippen molar-refractivity contribution in [2.45, 2.75) is 25.8 Å². The third-order valence-corrected chi connectivity index (χ3v) is 4.25. The van der Waals surface area contributed by atoms with E-state index in [1.165, 1.54) is 16.3 Å². The van der Waals surface area contributed by atoms with Crippen molar-refractivity contribution < 1.29 is 22.7 Å². The van der Waals surface area contributed by atoms with Crippen LogP contribution in [0.2, 0.25) is 0 Å². The molecule has 1 heterocycles. The molecular weight excluding hydrogens is 272 g/mol. The van der Waals surface area contributed by atoms with Crippen molar-refractivity contribution in [2.75, 3.05) is 33.0 Å². The first-order chi connectivity index (χ1) is 8.77. The average Bonchev–Trinajstić information content (AvgIpc) is 2.76. The van der Waals surface area contributed by atoms with E-state index in [1.807, 2.05) is 0 Å². The van der Waals surface area contributed by atoms with Gasteiger partial charge in [-0.3, -0.25) is 9.59 Å². The summed E-state index contributed by atoms with van der Waals surface area (Å²) in [5.41, 5.74) is 0. The minimum atomic E-state index is -3.40. The highest BCUT2D eigenvalue weighted by molar-refractivity contribution is 7.88. The average molecular weight is 292 g/mol. The lowest BCUT2D eigenvalue weighted by molar-refractivity contribution is -0.149. The molecule has 1 aliphatic rings. The number of ether oxygens (including phenoxy) is 1. The molecule has 0 aromatic carbocycles. The maximum absolute atomic E-state index is 12.2. The molecule has 110 valence electrons. The molecule has 0 radical (unpaired) electrons. The summed E-state index contributed by atoms with van der Waals surface area (Å²) in [5, 5.41) is 0. The van der Waals surface area contributed by atoms with Gasteiger partial charge in [0.15, 0.2) is 0 Å². The molecule has 7 nitrogen and oxygen atoms in total. The zero-order valence-corrected chi connectivity index (χ0v) is 12.3. The van der Waals surface area contributed by atoms with E-state index in [1.54, 1.807) is 6.92 Å². The molecule has 1 aliphatic heterocycles. The van der Waals surface area contributed by atoms with Crippen LogP contribution in [0.4, 0.5) is 0 Å². The number of hydrogen-bond donors (Lipinski definition) is 0. The Hall–Kier alpha value is -1.15. The fourth-order valence-electron chi connectivity index (χ4n) is 2.12. The molecule has 0 bridgehead atoms. The molecule has 0 N–H and O–H groups in total. The van der Waals surface area contributed by atoms with E-state index in [4.69, 9.17) is 4.74 Å². The van der Waals surface area contributed by atoms with Crippen LogP contribution in [-0.2, 0) is 24.3 Å². The van der Waals surface area contributed by atoms with E-state index < -0.39 is 22.0 Å². The van der Waals surface area contributed by atoms with Gasteiger partial charge in [-0.25, -0.2) is 8.42 Å². The first-order valence-corrected chi connectivity index (χ1v) is 7.99. The van der Waals surface area contributed by atoms with E-state index in [2.05, 4.69) is 0 Å². The smallest absolute Gasteiger partial charge is 0.325 e. The molecule has 0 aliphatic carbocycles. The van der Waals surface area contributed by atoms with Gasteiger partial charge >= 0.3 is 5.97 Å². The molecule has 1 unspecified atom stereocenters. The Morgan fingerprint density at radius 3 is 2.58 bits per heavy atom. The van der Waals surface area contributed by atoms with Crippen molar-refractivity contribution in [3.8, 4) is 0 Å². The summed E-state index contributed by atoms with van der Waals surface area (Å²) in [7, 11) is -1.93. The first-order valence-electron chi connectivity index (χ1n) is 6.14. The highest BCUT2D eigenvalue weighted by atomic mass is 32.2. The zero-order chi connectivity index (χ0) is 14.6. The van der Waals surface area contributed by atoms with Gasteiger partial charge in [-0.05, 0) is 19.8 Å². The quantitative estimate of drug-likeness (QED) is 0.634. The maximum Gasteiger partial charge on any atom is 0.325 e. The normalized spacial score (nSPS) is 20.3. The number of esters is 1. The van der Waals surface area contributed by atoms with Crippen LogP contribution >= 0.6 is 0 Å². The van der Waals surface area contributed by atoms with Gasteiger partial charge in [0.05, 0.1) is 12.9 Å². The topological polar surface area (TPSA) is 84.0 Å². The third-order valence-electron chi connectivity index (χ3n) is 2.96. The number of rotatable bonds is 5. The predicted molar refractivity (Wildman–Crippen MR) is 68.8 cm³/mol. The molecular formula is C11H20N2O5S. The van der Waals surface area contributed by atoms with Crippen molar-refractivity contribution in [3.05, 3.63) is 0 Å². The van der Waals surface area contributed by atoms with Crippen LogP contribution in [0, 0.1) is 0 Å². The van der Waals surface area contributed by atoms with Crippen molar-refractivity contribution >= 4 is 21.9 Å². The minimum Gasteiger partial charge on any atom is -0.465 e. The largest absolute Gasteiger partial charge is 0.465 e. The van der Waals surface area contributed by atoms with E-state index in [-0.39, 0.29) is 19.1 Å². The van der Waals surface area contributed by atoms with Gasteiger partial charge in [0.2, 0.25) is 15.9 Å². The van der Waals surface area contributed by atoms with Crippen LogP contribution in [0.25, 0.3) is 0 Å². The molecule has 1 saturated heterocycles. The van der Waals surface area contributed by atoms with Crippen LogP contribution in [0.3, 0.4) is 0 Å². The Labute approximate surface area is 113 Å². The summed E-state index contributed by atoms with van der Waals surface area (Å²) in [6, 6.07) is -0.700. The van der Waals surface area contributed by atoms with Gasteiger partial charge < -0.3 is 9.64 Å². The van der Waals surface area contributed by atoms with Crippen molar-refractivity contribution in [2.24, 2.45) is 0 Å². The molecule has 1 rings (SSSR count). The van der Waals surface area contributed by atoms with Crippen LogP contribution in [-0.4, -0.2) is 68.5 Å². The number of amides is 1. The highest BCUT2D eigenvalue weighted by Gasteiger charge is 2.38. The predicted octanol–water partition coefficient (Wildman–Crippen LogP) is -0.568. The van der Waals surface area contributed by atoms with E-state index in [9.17, 15) is 18.0 Å². The van der Waals surface area contributed by atoms with Gasteiger partial charge in [-0.1, -0.05) is 0 Å². The first kappa shape index (κ1) is 15.9.